The molecule has 39 heavy (non-hydrogen) atoms. The van der Waals surface area contributed by atoms with E-state index in [1.165, 1.54) is 0 Å². The van der Waals surface area contributed by atoms with E-state index in [4.69, 9.17) is 4.74 Å². The van der Waals surface area contributed by atoms with E-state index < -0.39 is 0 Å². The highest BCUT2D eigenvalue weighted by Gasteiger charge is 2.38. The van der Waals surface area contributed by atoms with Gasteiger partial charge in [0.25, 0.3) is 11.8 Å². The summed E-state index contributed by atoms with van der Waals surface area (Å²) in [6.07, 6.45) is 4.60. The first-order valence-electron chi connectivity index (χ1n) is 13.7. The average molecular weight is 523 g/mol. The van der Waals surface area contributed by atoms with Crippen LogP contribution in [0.2, 0.25) is 0 Å². The number of hydrogen-bond acceptors (Lipinski definition) is 5. The SMILES string of the molecule is CN1CCC(NC(=O)c2ccc3c(c2)NC2/C(=C/c4cccc(OCc5ccccc5)c4)CCN2C3=O)CC1. The van der Waals surface area contributed by atoms with Crippen LogP contribution in [0.4, 0.5) is 5.69 Å². The Kier molecular flexibility index (Phi) is 7.07. The number of anilines is 1. The number of carbonyl (C=O) groups excluding carboxylic acids is 2. The Hall–Kier alpha value is -4.10. The van der Waals surface area contributed by atoms with Gasteiger partial charge >= 0.3 is 0 Å². The van der Waals surface area contributed by atoms with Gasteiger partial charge in [-0.15, -0.1) is 0 Å². The fraction of sp³-hybridized carbons (Fsp3) is 0.312. The molecule has 7 nitrogen and oxygen atoms in total. The number of fused-ring (bicyclic) bond motifs is 2. The molecule has 2 N–H and O–H groups in total. The second-order valence-electron chi connectivity index (χ2n) is 10.7. The molecule has 1 unspecified atom stereocenters. The maximum absolute atomic E-state index is 13.3. The molecule has 0 radical (unpaired) electrons. The van der Waals surface area contributed by atoms with Crippen molar-refractivity contribution in [1.29, 1.82) is 0 Å². The summed E-state index contributed by atoms with van der Waals surface area (Å²) in [6.45, 7) is 3.14. The van der Waals surface area contributed by atoms with Crippen molar-refractivity contribution in [1.82, 2.24) is 15.1 Å². The molecule has 3 aromatic rings. The quantitative estimate of drug-likeness (QED) is 0.488. The Morgan fingerprint density at radius 3 is 2.67 bits per heavy atom. The van der Waals surface area contributed by atoms with Crippen molar-refractivity contribution in [2.75, 3.05) is 32.0 Å². The highest BCUT2D eigenvalue weighted by atomic mass is 16.5. The molecule has 3 aliphatic heterocycles. The molecular formula is C32H34N4O3. The summed E-state index contributed by atoms with van der Waals surface area (Å²) in [6, 6.07) is 23.7. The number of hydrogen-bond donors (Lipinski definition) is 2. The number of benzene rings is 3. The molecule has 0 spiro atoms. The van der Waals surface area contributed by atoms with Crippen LogP contribution in [0, 0.1) is 0 Å². The van der Waals surface area contributed by atoms with Crippen molar-refractivity contribution in [3.05, 3.63) is 101 Å². The summed E-state index contributed by atoms with van der Waals surface area (Å²) in [5, 5.41) is 6.72. The van der Waals surface area contributed by atoms with Gasteiger partial charge in [0.2, 0.25) is 0 Å². The molecule has 0 aromatic heterocycles. The second kappa shape index (κ2) is 10.9. The zero-order valence-electron chi connectivity index (χ0n) is 22.2. The van der Waals surface area contributed by atoms with Crippen LogP contribution in [0.1, 0.15) is 51.1 Å². The molecule has 2 saturated heterocycles. The zero-order valence-corrected chi connectivity index (χ0v) is 22.2. The maximum atomic E-state index is 13.3. The summed E-state index contributed by atoms with van der Waals surface area (Å²) in [7, 11) is 2.11. The fourth-order valence-corrected chi connectivity index (χ4v) is 5.62. The largest absolute Gasteiger partial charge is 0.489 e. The number of carbonyl (C=O) groups is 2. The standard InChI is InChI=1S/C32H34N4O3/c1-35-15-13-26(14-16-35)33-31(37)25-10-11-28-29(20-25)34-30-24(12-17-36(30)32(28)38)18-23-8-5-9-27(19-23)39-21-22-6-3-2-4-7-22/h2-11,18-20,26,30,34H,12-17,21H2,1H3,(H,33,37)/b24-18+. The monoisotopic (exact) mass is 522 g/mol. The van der Waals surface area contributed by atoms with Gasteiger partial charge in [-0.25, -0.2) is 0 Å². The predicted molar refractivity (Wildman–Crippen MR) is 153 cm³/mol. The predicted octanol–water partition coefficient (Wildman–Crippen LogP) is 4.77. The number of nitrogens with one attached hydrogen (secondary N) is 2. The lowest BCUT2D eigenvalue weighted by molar-refractivity contribution is 0.0748. The third kappa shape index (κ3) is 5.54. The topological polar surface area (TPSA) is 73.9 Å². The summed E-state index contributed by atoms with van der Waals surface area (Å²) in [5.41, 5.74) is 5.19. The van der Waals surface area contributed by atoms with Gasteiger partial charge in [-0.3, -0.25) is 9.59 Å². The van der Waals surface area contributed by atoms with Crippen molar-refractivity contribution >= 4 is 23.6 Å². The van der Waals surface area contributed by atoms with E-state index in [9.17, 15) is 9.59 Å². The summed E-state index contributed by atoms with van der Waals surface area (Å²) in [5.74, 6) is 0.722. The van der Waals surface area contributed by atoms with Crippen LogP contribution in [0.5, 0.6) is 5.75 Å². The number of nitrogens with zero attached hydrogens (tertiary/aromatic N) is 2. The van der Waals surface area contributed by atoms with E-state index in [0.29, 0.717) is 30.0 Å². The molecule has 0 saturated carbocycles. The Balaban J connectivity index is 1.17. The van der Waals surface area contributed by atoms with E-state index in [0.717, 1.165) is 54.8 Å². The number of rotatable bonds is 6. The van der Waals surface area contributed by atoms with Gasteiger partial charge in [0.05, 0.1) is 5.56 Å². The number of piperidine rings is 1. The van der Waals surface area contributed by atoms with Crippen LogP contribution in [-0.2, 0) is 6.61 Å². The van der Waals surface area contributed by atoms with E-state index >= 15 is 0 Å². The molecular weight excluding hydrogens is 488 g/mol. The Morgan fingerprint density at radius 1 is 1.03 bits per heavy atom. The smallest absolute Gasteiger partial charge is 0.257 e. The average Bonchev–Trinajstić information content (AvgIpc) is 3.36. The van der Waals surface area contributed by atoms with Crippen LogP contribution >= 0.6 is 0 Å². The molecule has 6 rings (SSSR count). The van der Waals surface area contributed by atoms with Gasteiger partial charge in [-0.05, 0) is 86.4 Å². The first-order valence-corrected chi connectivity index (χ1v) is 13.7. The van der Waals surface area contributed by atoms with Gasteiger partial charge in [0.1, 0.15) is 18.5 Å². The van der Waals surface area contributed by atoms with E-state index in [1.54, 1.807) is 12.1 Å². The van der Waals surface area contributed by atoms with Crippen LogP contribution in [0.3, 0.4) is 0 Å². The molecule has 1 atom stereocenters. The summed E-state index contributed by atoms with van der Waals surface area (Å²) >= 11 is 0. The lowest BCUT2D eigenvalue weighted by Gasteiger charge is -2.33. The molecule has 3 heterocycles. The minimum Gasteiger partial charge on any atom is -0.489 e. The molecule has 7 heteroatoms. The first kappa shape index (κ1) is 25.2. The number of ether oxygens (including phenoxy) is 1. The van der Waals surface area contributed by atoms with Gasteiger partial charge < -0.3 is 25.2 Å². The Bertz CT molecular complexity index is 1400. The van der Waals surface area contributed by atoms with Crippen LogP contribution in [0.15, 0.2) is 78.4 Å². The minimum atomic E-state index is -0.230. The normalized spacial score (nSPS) is 20.3. The van der Waals surface area contributed by atoms with Crippen molar-refractivity contribution in [3.63, 3.8) is 0 Å². The molecule has 200 valence electrons. The van der Waals surface area contributed by atoms with Crippen LogP contribution in [-0.4, -0.2) is 60.5 Å². The van der Waals surface area contributed by atoms with Gasteiger partial charge in [-0.2, -0.15) is 0 Å². The third-order valence-electron chi connectivity index (χ3n) is 7.88. The van der Waals surface area contributed by atoms with Crippen LogP contribution < -0.4 is 15.4 Å². The van der Waals surface area contributed by atoms with Gasteiger partial charge in [-0.1, -0.05) is 48.5 Å². The Morgan fingerprint density at radius 2 is 1.85 bits per heavy atom. The highest BCUT2D eigenvalue weighted by Crippen LogP contribution is 2.35. The number of amides is 2. The molecule has 2 amide bonds. The van der Waals surface area contributed by atoms with Crippen molar-refractivity contribution in [2.45, 2.75) is 38.1 Å². The lowest BCUT2D eigenvalue weighted by atomic mass is 10.0. The fourth-order valence-electron chi connectivity index (χ4n) is 5.62. The Labute approximate surface area is 229 Å². The highest BCUT2D eigenvalue weighted by molar-refractivity contribution is 6.05. The molecule has 0 bridgehead atoms. The molecule has 0 aliphatic carbocycles. The second-order valence-corrected chi connectivity index (χ2v) is 10.7. The summed E-state index contributed by atoms with van der Waals surface area (Å²) < 4.78 is 6.01. The molecule has 3 aliphatic rings. The summed E-state index contributed by atoms with van der Waals surface area (Å²) in [4.78, 5) is 30.5. The first-order chi connectivity index (χ1) is 19.0. The lowest BCUT2D eigenvalue weighted by Crippen LogP contribution is -2.45. The maximum Gasteiger partial charge on any atom is 0.257 e. The zero-order chi connectivity index (χ0) is 26.8. The molecule has 3 aromatic carbocycles. The van der Waals surface area contributed by atoms with Gasteiger partial charge in [0, 0.05) is 23.8 Å². The van der Waals surface area contributed by atoms with E-state index in [2.05, 4.69) is 34.7 Å². The minimum absolute atomic E-state index is 0.000582. The van der Waals surface area contributed by atoms with Gasteiger partial charge in [0.15, 0.2) is 0 Å². The third-order valence-corrected chi connectivity index (χ3v) is 7.88. The van der Waals surface area contributed by atoms with Crippen molar-refractivity contribution < 1.29 is 14.3 Å². The molecule has 2 fully saturated rings. The van der Waals surface area contributed by atoms with E-state index in [1.807, 2.05) is 59.5 Å². The van der Waals surface area contributed by atoms with Crippen molar-refractivity contribution in [3.8, 4) is 5.75 Å². The van der Waals surface area contributed by atoms with Crippen LogP contribution in [0.25, 0.3) is 6.08 Å². The van der Waals surface area contributed by atoms with Crippen molar-refractivity contribution in [2.24, 2.45) is 0 Å². The van der Waals surface area contributed by atoms with E-state index in [-0.39, 0.29) is 24.0 Å². The number of likely N-dealkylation sites (tertiary alicyclic amines) is 1.